The number of hydrogen-bond acceptors (Lipinski definition) is 1. The van der Waals surface area contributed by atoms with E-state index in [4.69, 9.17) is 0 Å². The highest BCUT2D eigenvalue weighted by Crippen LogP contribution is 2.48. The molecule has 0 heterocycles. The molecule has 0 saturated heterocycles. The zero-order valence-electron chi connectivity index (χ0n) is 6.96. The molecular formula is C10H11FS. The maximum atomic E-state index is 12.8. The van der Waals surface area contributed by atoms with E-state index in [2.05, 4.69) is 6.26 Å². The van der Waals surface area contributed by atoms with Gasteiger partial charge in [0.2, 0.25) is 0 Å². The number of benzene rings is 1. The van der Waals surface area contributed by atoms with Gasteiger partial charge in [-0.3, -0.25) is 0 Å². The second kappa shape index (κ2) is 3.09. The Morgan fingerprint density at radius 1 is 1.50 bits per heavy atom. The van der Waals surface area contributed by atoms with Gasteiger partial charge in [-0.1, -0.05) is 12.1 Å². The van der Waals surface area contributed by atoms with Gasteiger partial charge in [-0.25, -0.2) is 4.39 Å². The Kier molecular flexibility index (Phi) is 2.09. The van der Waals surface area contributed by atoms with Gasteiger partial charge in [0.25, 0.3) is 0 Å². The van der Waals surface area contributed by atoms with Crippen LogP contribution in [0.1, 0.15) is 17.9 Å². The summed E-state index contributed by atoms with van der Waals surface area (Å²) in [6.45, 7) is 0. The van der Waals surface area contributed by atoms with Crippen LogP contribution in [0.25, 0.3) is 0 Å². The normalized spacial score (nSPS) is 27.2. The molecule has 1 aromatic rings. The van der Waals surface area contributed by atoms with Gasteiger partial charge in [0.15, 0.2) is 0 Å². The van der Waals surface area contributed by atoms with Crippen molar-refractivity contribution in [2.24, 2.45) is 0 Å². The molecule has 0 bridgehead atoms. The maximum Gasteiger partial charge on any atom is 0.123 e. The lowest BCUT2D eigenvalue weighted by molar-refractivity contribution is 0.625. The first-order chi connectivity index (χ1) is 5.81. The minimum Gasteiger partial charge on any atom is -0.207 e. The van der Waals surface area contributed by atoms with E-state index in [0.717, 1.165) is 10.8 Å². The van der Waals surface area contributed by atoms with Gasteiger partial charge in [0.05, 0.1) is 0 Å². The second-order valence-corrected chi connectivity index (χ2v) is 4.25. The Bertz CT molecular complexity index is 285. The number of hydrogen-bond donors (Lipinski definition) is 0. The third-order valence-corrected chi connectivity index (χ3v) is 3.44. The van der Waals surface area contributed by atoms with Gasteiger partial charge in [-0.15, -0.1) is 0 Å². The molecule has 12 heavy (non-hydrogen) atoms. The van der Waals surface area contributed by atoms with Crippen LogP contribution in [0.4, 0.5) is 4.39 Å². The average molecular weight is 182 g/mol. The van der Waals surface area contributed by atoms with Crippen LogP contribution in [0.15, 0.2) is 24.3 Å². The van der Waals surface area contributed by atoms with Crippen molar-refractivity contribution in [2.45, 2.75) is 17.6 Å². The Labute approximate surface area is 76.2 Å². The molecule has 0 nitrogen and oxygen atoms in total. The molecule has 0 N–H and O–H groups in total. The van der Waals surface area contributed by atoms with Crippen LogP contribution in [-0.2, 0) is 0 Å². The van der Waals surface area contributed by atoms with Crippen LogP contribution in [0.2, 0.25) is 0 Å². The summed E-state index contributed by atoms with van der Waals surface area (Å²) in [4.78, 5) is 0. The molecule has 1 fully saturated rings. The number of thioether (sulfide) groups is 1. The molecule has 0 aromatic heterocycles. The molecular weight excluding hydrogens is 171 g/mol. The highest BCUT2D eigenvalue weighted by atomic mass is 32.2. The molecule has 64 valence electrons. The minimum absolute atomic E-state index is 0.112. The standard InChI is InChI=1S/C10H11FS/c1-12-10-6-9(10)7-3-2-4-8(11)5-7/h2-5,9-10H,6H2,1H3. The molecule has 1 saturated carbocycles. The quantitative estimate of drug-likeness (QED) is 0.677. The van der Waals surface area contributed by atoms with E-state index in [9.17, 15) is 4.39 Å². The molecule has 1 aliphatic rings. The van der Waals surface area contributed by atoms with Gasteiger partial charge in [0, 0.05) is 5.25 Å². The predicted octanol–water partition coefficient (Wildman–Crippen LogP) is 3.04. The monoisotopic (exact) mass is 182 g/mol. The van der Waals surface area contributed by atoms with Gasteiger partial charge in [-0.05, 0) is 36.3 Å². The van der Waals surface area contributed by atoms with E-state index in [1.165, 1.54) is 12.5 Å². The van der Waals surface area contributed by atoms with E-state index in [1.807, 2.05) is 17.8 Å². The van der Waals surface area contributed by atoms with Crippen LogP contribution >= 0.6 is 11.8 Å². The number of rotatable bonds is 2. The summed E-state index contributed by atoms with van der Waals surface area (Å²) in [5.41, 5.74) is 1.16. The molecule has 2 atom stereocenters. The van der Waals surface area contributed by atoms with Crippen molar-refractivity contribution in [3.05, 3.63) is 35.6 Å². The Morgan fingerprint density at radius 3 is 2.92 bits per heavy atom. The Hall–Kier alpha value is -0.500. The summed E-state index contributed by atoms with van der Waals surface area (Å²) in [7, 11) is 0. The van der Waals surface area contributed by atoms with E-state index in [0.29, 0.717) is 5.92 Å². The topological polar surface area (TPSA) is 0 Å². The summed E-state index contributed by atoms with van der Waals surface area (Å²) in [5.74, 6) is 0.495. The van der Waals surface area contributed by atoms with Crippen LogP contribution in [0.3, 0.4) is 0 Å². The van der Waals surface area contributed by atoms with Crippen molar-refractivity contribution in [1.29, 1.82) is 0 Å². The average Bonchev–Trinajstić information content (AvgIpc) is 2.83. The van der Waals surface area contributed by atoms with Crippen LogP contribution in [-0.4, -0.2) is 11.5 Å². The van der Waals surface area contributed by atoms with Crippen molar-refractivity contribution in [1.82, 2.24) is 0 Å². The smallest absolute Gasteiger partial charge is 0.123 e. The fraction of sp³-hybridized carbons (Fsp3) is 0.400. The zero-order chi connectivity index (χ0) is 8.55. The first-order valence-electron chi connectivity index (χ1n) is 4.09. The van der Waals surface area contributed by atoms with Gasteiger partial charge in [-0.2, -0.15) is 11.8 Å². The molecule has 2 heteroatoms. The summed E-state index contributed by atoms with van der Waals surface area (Å²) in [5, 5.41) is 0.729. The predicted molar refractivity (Wildman–Crippen MR) is 51.1 cm³/mol. The first kappa shape index (κ1) is 8.11. The number of halogens is 1. The molecule has 1 aromatic carbocycles. The molecule has 0 spiro atoms. The minimum atomic E-state index is -0.112. The van der Waals surface area contributed by atoms with Crippen molar-refractivity contribution >= 4 is 11.8 Å². The fourth-order valence-corrected chi connectivity index (χ4v) is 2.41. The van der Waals surface area contributed by atoms with Crippen molar-refractivity contribution in [3.63, 3.8) is 0 Å². The highest BCUT2D eigenvalue weighted by Gasteiger charge is 2.37. The van der Waals surface area contributed by atoms with E-state index < -0.39 is 0 Å². The van der Waals surface area contributed by atoms with Crippen molar-refractivity contribution in [3.8, 4) is 0 Å². The van der Waals surface area contributed by atoms with Crippen molar-refractivity contribution < 1.29 is 4.39 Å². The van der Waals surface area contributed by atoms with Crippen LogP contribution in [0, 0.1) is 5.82 Å². The van der Waals surface area contributed by atoms with E-state index in [-0.39, 0.29) is 5.82 Å². The summed E-state index contributed by atoms with van der Waals surface area (Å²) < 4.78 is 12.8. The lowest BCUT2D eigenvalue weighted by Gasteiger charge is -1.97. The molecule has 0 aliphatic heterocycles. The molecule has 1 aliphatic carbocycles. The molecule has 0 amide bonds. The summed E-state index contributed by atoms with van der Waals surface area (Å²) in [6, 6.07) is 6.96. The van der Waals surface area contributed by atoms with Gasteiger partial charge >= 0.3 is 0 Å². The molecule has 2 unspecified atom stereocenters. The SMILES string of the molecule is CSC1CC1c1cccc(F)c1. The molecule has 0 radical (unpaired) electrons. The fourth-order valence-electron chi connectivity index (χ4n) is 1.52. The zero-order valence-corrected chi connectivity index (χ0v) is 7.77. The van der Waals surface area contributed by atoms with E-state index in [1.54, 1.807) is 12.1 Å². The second-order valence-electron chi connectivity index (χ2n) is 3.17. The van der Waals surface area contributed by atoms with Crippen molar-refractivity contribution in [2.75, 3.05) is 6.26 Å². The summed E-state index contributed by atoms with van der Waals surface area (Å²) >= 11 is 1.88. The Morgan fingerprint density at radius 2 is 2.33 bits per heavy atom. The third kappa shape index (κ3) is 1.48. The highest BCUT2D eigenvalue weighted by molar-refractivity contribution is 7.99. The maximum absolute atomic E-state index is 12.8. The summed E-state index contributed by atoms with van der Waals surface area (Å²) in [6.07, 6.45) is 3.33. The molecule has 2 rings (SSSR count). The van der Waals surface area contributed by atoms with E-state index >= 15 is 0 Å². The first-order valence-corrected chi connectivity index (χ1v) is 5.38. The van der Waals surface area contributed by atoms with Crippen LogP contribution in [0.5, 0.6) is 0 Å². The lowest BCUT2D eigenvalue weighted by atomic mass is 10.1. The van der Waals surface area contributed by atoms with Crippen LogP contribution < -0.4 is 0 Å². The Balaban J connectivity index is 2.14. The van der Waals surface area contributed by atoms with Gasteiger partial charge < -0.3 is 0 Å². The largest absolute Gasteiger partial charge is 0.207 e. The third-order valence-electron chi connectivity index (χ3n) is 2.31. The lowest BCUT2D eigenvalue weighted by Crippen LogP contribution is -1.84. The van der Waals surface area contributed by atoms with Gasteiger partial charge in [0.1, 0.15) is 5.82 Å².